The molecule has 0 rings (SSSR count). The lowest BCUT2D eigenvalue weighted by atomic mass is 9.88. The van der Waals surface area contributed by atoms with Crippen LogP contribution in [-0.2, 0) is 28.6 Å². The second-order valence-corrected chi connectivity index (χ2v) is 8.20. The van der Waals surface area contributed by atoms with Crippen LogP contribution >= 0.6 is 0 Å². The molecule has 3 amide bonds. The lowest BCUT2D eigenvalue weighted by Gasteiger charge is -2.33. The van der Waals surface area contributed by atoms with Gasteiger partial charge in [0.25, 0.3) is 0 Å². The fourth-order valence-electron chi connectivity index (χ4n) is 2.95. The smallest absolute Gasteiger partial charge is 0.217 e. The van der Waals surface area contributed by atoms with E-state index in [1.807, 2.05) is 27.7 Å². The Morgan fingerprint density at radius 3 is 1.13 bits per heavy atom. The van der Waals surface area contributed by atoms with Gasteiger partial charge in [0.05, 0.1) is 39.6 Å². The predicted molar refractivity (Wildman–Crippen MR) is 115 cm³/mol. The first-order chi connectivity index (χ1) is 14.0. The molecular formula is C21H41N3O6. The van der Waals surface area contributed by atoms with Crippen LogP contribution in [0.15, 0.2) is 0 Å². The molecule has 0 aromatic carbocycles. The highest BCUT2D eigenvalue weighted by molar-refractivity contribution is 5.73. The van der Waals surface area contributed by atoms with E-state index < -0.39 is 0 Å². The molecule has 30 heavy (non-hydrogen) atoms. The third kappa shape index (κ3) is 14.3. The maximum Gasteiger partial charge on any atom is 0.217 e. The highest BCUT2D eigenvalue weighted by atomic mass is 16.5. The molecule has 0 aliphatic rings. The van der Waals surface area contributed by atoms with E-state index in [1.54, 1.807) is 0 Å². The van der Waals surface area contributed by atoms with Crippen LogP contribution < -0.4 is 16.0 Å². The Kier molecular flexibility index (Phi) is 14.3. The molecule has 9 heteroatoms. The Morgan fingerprint density at radius 1 is 0.667 bits per heavy atom. The zero-order valence-corrected chi connectivity index (χ0v) is 19.6. The van der Waals surface area contributed by atoms with Crippen LogP contribution in [0, 0.1) is 5.41 Å². The summed E-state index contributed by atoms with van der Waals surface area (Å²) in [5, 5.41) is 8.38. The zero-order valence-electron chi connectivity index (χ0n) is 19.6. The first-order valence-corrected chi connectivity index (χ1v) is 10.5. The van der Waals surface area contributed by atoms with Crippen molar-refractivity contribution in [3.63, 3.8) is 0 Å². The van der Waals surface area contributed by atoms with Crippen molar-refractivity contribution in [3.05, 3.63) is 0 Å². The molecule has 0 aromatic heterocycles. The van der Waals surface area contributed by atoms with Crippen molar-refractivity contribution in [2.24, 2.45) is 5.41 Å². The van der Waals surface area contributed by atoms with E-state index >= 15 is 0 Å². The Labute approximate surface area is 181 Å². The van der Waals surface area contributed by atoms with Crippen molar-refractivity contribution in [3.8, 4) is 0 Å². The van der Waals surface area contributed by atoms with Crippen LogP contribution in [0.25, 0.3) is 0 Å². The molecular weight excluding hydrogens is 390 g/mol. The fraction of sp³-hybridized carbons (Fsp3) is 0.857. The molecule has 0 bridgehead atoms. The van der Waals surface area contributed by atoms with Gasteiger partial charge in [-0.1, -0.05) is 6.92 Å². The molecule has 3 unspecified atom stereocenters. The third-order valence-corrected chi connectivity index (χ3v) is 4.43. The molecule has 176 valence electrons. The van der Waals surface area contributed by atoms with Gasteiger partial charge >= 0.3 is 0 Å². The summed E-state index contributed by atoms with van der Waals surface area (Å²) in [5.41, 5.74) is -0.387. The molecule has 0 saturated heterocycles. The monoisotopic (exact) mass is 431 g/mol. The third-order valence-electron chi connectivity index (χ3n) is 4.43. The molecule has 0 heterocycles. The normalized spacial score (nSPS) is 16.1. The number of rotatable bonds is 16. The SMILES string of the molecule is CCC(COCC(C)NC(C)=O)(COCC(C)NC(C)=O)COCC(C)NC(C)=O. The quantitative estimate of drug-likeness (QED) is 0.336. The standard InChI is InChI=1S/C21H41N3O6/c1-8-21(12-28-9-15(2)22-18(5)25,13-29-10-16(3)23-19(6)26)14-30-11-17(4)24-20(7)27/h15-17H,8-14H2,1-7H3,(H,22,25)(H,23,26)(H,24,27). The number of hydrogen-bond donors (Lipinski definition) is 3. The number of hydrogen-bond acceptors (Lipinski definition) is 6. The van der Waals surface area contributed by atoms with E-state index in [2.05, 4.69) is 16.0 Å². The first-order valence-electron chi connectivity index (χ1n) is 10.5. The molecule has 3 atom stereocenters. The lowest BCUT2D eigenvalue weighted by Crippen LogP contribution is -2.42. The van der Waals surface area contributed by atoms with Gasteiger partial charge in [-0.2, -0.15) is 0 Å². The Hall–Kier alpha value is -1.71. The molecule has 0 radical (unpaired) electrons. The van der Waals surface area contributed by atoms with Crippen molar-refractivity contribution in [1.29, 1.82) is 0 Å². The number of carbonyl (C=O) groups is 3. The second kappa shape index (κ2) is 15.1. The van der Waals surface area contributed by atoms with Crippen LogP contribution in [0.4, 0.5) is 0 Å². The molecule has 0 aliphatic carbocycles. The topological polar surface area (TPSA) is 115 Å². The van der Waals surface area contributed by atoms with E-state index in [4.69, 9.17) is 14.2 Å². The van der Waals surface area contributed by atoms with Crippen molar-refractivity contribution in [1.82, 2.24) is 16.0 Å². The number of ether oxygens (including phenoxy) is 3. The molecule has 0 saturated carbocycles. The highest BCUT2D eigenvalue weighted by Crippen LogP contribution is 2.24. The zero-order chi connectivity index (χ0) is 23.2. The van der Waals surface area contributed by atoms with Gasteiger partial charge in [-0.25, -0.2) is 0 Å². The molecule has 0 spiro atoms. The van der Waals surface area contributed by atoms with E-state index in [0.717, 1.165) is 6.42 Å². The van der Waals surface area contributed by atoms with Gasteiger partial charge in [-0.15, -0.1) is 0 Å². The average molecular weight is 432 g/mol. The molecule has 0 aromatic rings. The average Bonchev–Trinajstić information content (AvgIpc) is 2.59. The molecule has 9 nitrogen and oxygen atoms in total. The van der Waals surface area contributed by atoms with Crippen molar-refractivity contribution >= 4 is 17.7 Å². The van der Waals surface area contributed by atoms with Crippen molar-refractivity contribution < 1.29 is 28.6 Å². The summed E-state index contributed by atoms with van der Waals surface area (Å²) < 4.78 is 17.6. The van der Waals surface area contributed by atoms with Gasteiger partial charge < -0.3 is 30.2 Å². The van der Waals surface area contributed by atoms with Gasteiger partial charge in [0.15, 0.2) is 0 Å². The van der Waals surface area contributed by atoms with Crippen LogP contribution in [0.1, 0.15) is 54.9 Å². The van der Waals surface area contributed by atoms with E-state index in [-0.39, 0.29) is 41.3 Å². The Morgan fingerprint density at radius 2 is 0.933 bits per heavy atom. The van der Waals surface area contributed by atoms with Gasteiger partial charge in [0.1, 0.15) is 0 Å². The summed E-state index contributed by atoms with van der Waals surface area (Å²) in [6, 6.07) is -0.296. The minimum Gasteiger partial charge on any atom is -0.379 e. The van der Waals surface area contributed by atoms with Crippen LogP contribution in [-0.4, -0.2) is 75.5 Å². The van der Waals surface area contributed by atoms with Gasteiger partial charge in [0, 0.05) is 44.3 Å². The summed E-state index contributed by atoms with van der Waals surface area (Å²) in [6.07, 6.45) is 0.755. The van der Waals surface area contributed by atoms with Gasteiger partial charge in [0.2, 0.25) is 17.7 Å². The number of carbonyl (C=O) groups excluding carboxylic acids is 3. The van der Waals surface area contributed by atoms with Crippen LogP contribution in [0.2, 0.25) is 0 Å². The minimum absolute atomic E-state index is 0.0986. The van der Waals surface area contributed by atoms with E-state index in [0.29, 0.717) is 39.6 Å². The van der Waals surface area contributed by atoms with Crippen LogP contribution in [0.3, 0.4) is 0 Å². The Balaban J connectivity index is 4.80. The van der Waals surface area contributed by atoms with E-state index in [9.17, 15) is 14.4 Å². The van der Waals surface area contributed by atoms with Crippen LogP contribution in [0.5, 0.6) is 0 Å². The second-order valence-electron chi connectivity index (χ2n) is 8.20. The summed E-state index contributed by atoms with van der Waals surface area (Å²) in [6.45, 7) is 14.4. The maximum atomic E-state index is 11.2. The number of amides is 3. The largest absolute Gasteiger partial charge is 0.379 e. The highest BCUT2D eigenvalue weighted by Gasteiger charge is 2.30. The number of nitrogens with one attached hydrogen (secondary N) is 3. The summed E-state index contributed by atoms with van der Waals surface area (Å²) >= 11 is 0. The minimum atomic E-state index is -0.387. The molecule has 0 fully saturated rings. The van der Waals surface area contributed by atoms with Gasteiger partial charge in [-0.05, 0) is 27.2 Å². The van der Waals surface area contributed by atoms with E-state index in [1.165, 1.54) is 20.8 Å². The first kappa shape index (κ1) is 28.3. The molecule has 3 N–H and O–H groups in total. The van der Waals surface area contributed by atoms with Crippen molar-refractivity contribution in [2.75, 3.05) is 39.6 Å². The maximum absolute atomic E-state index is 11.2. The van der Waals surface area contributed by atoms with Gasteiger partial charge in [-0.3, -0.25) is 14.4 Å². The summed E-state index contributed by atoms with van der Waals surface area (Å²) in [5.74, 6) is -0.296. The summed E-state index contributed by atoms with van der Waals surface area (Å²) in [7, 11) is 0. The Bertz CT molecular complexity index is 460. The fourth-order valence-corrected chi connectivity index (χ4v) is 2.95. The predicted octanol–water partition coefficient (Wildman–Crippen LogP) is 1.01. The molecule has 0 aliphatic heterocycles. The van der Waals surface area contributed by atoms with Crippen molar-refractivity contribution in [2.45, 2.75) is 73.0 Å². The lowest BCUT2D eigenvalue weighted by molar-refractivity contribution is -0.120. The summed E-state index contributed by atoms with van der Waals surface area (Å²) in [4.78, 5) is 33.5.